The van der Waals surface area contributed by atoms with Crippen LogP contribution in [-0.2, 0) is 15.8 Å². The zero-order valence-electron chi connectivity index (χ0n) is 13.8. The molecule has 0 bridgehead atoms. The fourth-order valence-electron chi connectivity index (χ4n) is 2.53. The van der Waals surface area contributed by atoms with Gasteiger partial charge in [-0.3, -0.25) is 0 Å². The summed E-state index contributed by atoms with van der Waals surface area (Å²) < 4.78 is 32.5. The van der Waals surface area contributed by atoms with Crippen LogP contribution in [0.2, 0.25) is 10.0 Å². The summed E-state index contributed by atoms with van der Waals surface area (Å²) >= 11 is 12.0. The largest absolute Gasteiger partial charge is 0.492 e. The van der Waals surface area contributed by atoms with E-state index in [0.717, 1.165) is 10.8 Å². The maximum Gasteiger partial charge on any atom is 0.216 e. The number of hydrogen-bond acceptors (Lipinski definition) is 3. The first kappa shape index (κ1) is 19.0. The van der Waals surface area contributed by atoms with Gasteiger partial charge < -0.3 is 4.74 Å². The molecule has 0 saturated carbocycles. The molecular weight excluding hydrogens is 393 g/mol. The summed E-state index contributed by atoms with van der Waals surface area (Å²) in [6.07, 6.45) is 0. The first-order chi connectivity index (χ1) is 12.4. The van der Waals surface area contributed by atoms with E-state index in [1.54, 1.807) is 18.2 Å². The number of sulfonamides is 1. The number of rotatable bonds is 7. The van der Waals surface area contributed by atoms with Crippen LogP contribution in [0.3, 0.4) is 0 Å². The molecule has 0 heterocycles. The smallest absolute Gasteiger partial charge is 0.216 e. The Kier molecular flexibility index (Phi) is 6.04. The third kappa shape index (κ3) is 4.89. The summed E-state index contributed by atoms with van der Waals surface area (Å²) in [6, 6.07) is 18.6. The second kappa shape index (κ2) is 8.27. The maximum absolute atomic E-state index is 12.2. The number of ether oxygens (including phenoxy) is 1. The van der Waals surface area contributed by atoms with Crippen molar-refractivity contribution in [2.45, 2.75) is 5.75 Å². The minimum Gasteiger partial charge on any atom is -0.492 e. The fraction of sp³-hybridized carbons (Fsp3) is 0.158. The lowest BCUT2D eigenvalue weighted by molar-refractivity contribution is 0.323. The molecule has 0 amide bonds. The highest BCUT2D eigenvalue weighted by Gasteiger charge is 2.16. The third-order valence-electron chi connectivity index (χ3n) is 3.81. The van der Waals surface area contributed by atoms with Gasteiger partial charge in [0, 0.05) is 22.2 Å². The molecule has 26 heavy (non-hydrogen) atoms. The number of halogens is 2. The van der Waals surface area contributed by atoms with Gasteiger partial charge in [0.25, 0.3) is 0 Å². The third-order valence-corrected chi connectivity index (χ3v) is 5.83. The van der Waals surface area contributed by atoms with E-state index in [4.69, 9.17) is 27.9 Å². The van der Waals surface area contributed by atoms with Gasteiger partial charge in [0.2, 0.25) is 10.0 Å². The minimum absolute atomic E-state index is 0.150. The molecule has 136 valence electrons. The van der Waals surface area contributed by atoms with Gasteiger partial charge in [0.15, 0.2) is 0 Å². The summed E-state index contributed by atoms with van der Waals surface area (Å²) in [5.74, 6) is 0.415. The summed E-state index contributed by atoms with van der Waals surface area (Å²) in [4.78, 5) is 0. The highest BCUT2D eigenvalue weighted by atomic mass is 35.5. The topological polar surface area (TPSA) is 55.4 Å². The van der Waals surface area contributed by atoms with Crippen LogP contribution in [0.4, 0.5) is 0 Å². The molecule has 1 N–H and O–H groups in total. The van der Waals surface area contributed by atoms with Crippen LogP contribution in [0.15, 0.2) is 60.7 Å². The van der Waals surface area contributed by atoms with Crippen molar-refractivity contribution in [1.82, 2.24) is 4.72 Å². The average Bonchev–Trinajstić information content (AvgIpc) is 2.62. The predicted octanol–water partition coefficient (Wildman–Crippen LogP) is 4.65. The molecular formula is C19H17Cl2NO3S. The monoisotopic (exact) mass is 409 g/mol. The Hall–Kier alpha value is -1.79. The minimum atomic E-state index is -3.57. The van der Waals surface area contributed by atoms with Gasteiger partial charge in [0.1, 0.15) is 12.4 Å². The van der Waals surface area contributed by atoms with E-state index in [2.05, 4.69) is 4.72 Å². The van der Waals surface area contributed by atoms with Gasteiger partial charge in [-0.2, -0.15) is 0 Å². The highest BCUT2D eigenvalue weighted by Crippen LogP contribution is 2.26. The standard InChI is InChI=1S/C19H17Cl2NO3S/c20-18-6-3-7-19(21)17(18)13-26(23,24)22-10-11-25-16-9-8-14-4-1-2-5-15(14)12-16/h1-9,12,22H,10-11,13H2. The van der Waals surface area contributed by atoms with Crippen molar-refractivity contribution in [3.8, 4) is 5.75 Å². The molecule has 0 aliphatic carbocycles. The van der Waals surface area contributed by atoms with Crippen molar-refractivity contribution in [2.75, 3.05) is 13.2 Å². The lowest BCUT2D eigenvalue weighted by Crippen LogP contribution is -2.29. The molecule has 0 fully saturated rings. The lowest BCUT2D eigenvalue weighted by atomic mass is 10.1. The molecule has 0 aromatic heterocycles. The Morgan fingerprint density at radius 2 is 1.58 bits per heavy atom. The molecule has 4 nitrogen and oxygen atoms in total. The van der Waals surface area contributed by atoms with Crippen LogP contribution in [0.1, 0.15) is 5.56 Å². The van der Waals surface area contributed by atoms with Crippen LogP contribution in [0.25, 0.3) is 10.8 Å². The number of fused-ring (bicyclic) bond motifs is 1. The van der Waals surface area contributed by atoms with Crippen molar-refractivity contribution >= 4 is 44.0 Å². The fourth-order valence-corrected chi connectivity index (χ4v) is 4.41. The molecule has 0 unspecified atom stereocenters. The number of nitrogens with one attached hydrogen (secondary N) is 1. The predicted molar refractivity (Wildman–Crippen MR) is 107 cm³/mol. The van der Waals surface area contributed by atoms with Gasteiger partial charge in [0.05, 0.1) is 5.75 Å². The van der Waals surface area contributed by atoms with Gasteiger partial charge in [-0.15, -0.1) is 0 Å². The first-order valence-corrected chi connectivity index (χ1v) is 10.4. The van der Waals surface area contributed by atoms with Gasteiger partial charge in [-0.05, 0) is 35.0 Å². The van der Waals surface area contributed by atoms with Crippen LogP contribution in [0, 0.1) is 0 Å². The quantitative estimate of drug-likeness (QED) is 0.577. The van der Waals surface area contributed by atoms with E-state index < -0.39 is 10.0 Å². The van der Waals surface area contributed by atoms with Gasteiger partial charge in [-0.25, -0.2) is 13.1 Å². The van der Waals surface area contributed by atoms with Crippen LogP contribution >= 0.6 is 23.2 Å². The Balaban J connectivity index is 1.55. The van der Waals surface area contributed by atoms with Gasteiger partial charge >= 0.3 is 0 Å². The first-order valence-electron chi connectivity index (χ1n) is 7.96. The number of benzene rings is 3. The molecule has 3 rings (SSSR count). The van der Waals surface area contributed by atoms with E-state index in [1.807, 2.05) is 42.5 Å². The SMILES string of the molecule is O=S(=O)(Cc1c(Cl)cccc1Cl)NCCOc1ccc2ccccc2c1. The Labute approximate surface area is 162 Å². The number of hydrogen-bond donors (Lipinski definition) is 1. The molecule has 0 saturated heterocycles. The van der Waals surface area contributed by atoms with Crippen LogP contribution in [-0.4, -0.2) is 21.6 Å². The molecule has 3 aromatic carbocycles. The Morgan fingerprint density at radius 1 is 0.885 bits per heavy atom. The average molecular weight is 410 g/mol. The Bertz CT molecular complexity index is 1000. The zero-order chi connectivity index (χ0) is 18.6. The van der Waals surface area contributed by atoms with E-state index >= 15 is 0 Å². The molecule has 0 spiro atoms. The van der Waals surface area contributed by atoms with Crippen molar-refractivity contribution in [1.29, 1.82) is 0 Å². The molecule has 0 aliphatic heterocycles. The Morgan fingerprint density at radius 3 is 2.31 bits per heavy atom. The van der Waals surface area contributed by atoms with Gasteiger partial charge in [-0.1, -0.05) is 59.6 Å². The summed E-state index contributed by atoms with van der Waals surface area (Å²) in [6.45, 7) is 0.366. The van der Waals surface area contributed by atoms with Crippen molar-refractivity contribution in [3.63, 3.8) is 0 Å². The lowest BCUT2D eigenvalue weighted by Gasteiger charge is -2.11. The highest BCUT2D eigenvalue weighted by molar-refractivity contribution is 7.88. The van der Waals surface area contributed by atoms with Crippen LogP contribution in [0.5, 0.6) is 5.75 Å². The molecule has 7 heteroatoms. The van der Waals surface area contributed by atoms with Crippen molar-refractivity contribution in [2.24, 2.45) is 0 Å². The second-order valence-electron chi connectivity index (χ2n) is 5.71. The molecule has 0 atom stereocenters. The summed E-state index contributed by atoms with van der Waals surface area (Å²) in [5, 5.41) is 2.85. The maximum atomic E-state index is 12.2. The zero-order valence-corrected chi connectivity index (χ0v) is 16.1. The van der Waals surface area contributed by atoms with Crippen molar-refractivity contribution < 1.29 is 13.2 Å². The molecule has 0 radical (unpaired) electrons. The van der Waals surface area contributed by atoms with E-state index in [0.29, 0.717) is 21.4 Å². The normalized spacial score (nSPS) is 11.6. The van der Waals surface area contributed by atoms with Crippen LogP contribution < -0.4 is 9.46 Å². The van der Waals surface area contributed by atoms with E-state index in [-0.39, 0.29) is 18.9 Å². The van der Waals surface area contributed by atoms with E-state index in [9.17, 15) is 8.42 Å². The van der Waals surface area contributed by atoms with E-state index in [1.165, 1.54) is 0 Å². The summed E-state index contributed by atoms with van der Waals surface area (Å²) in [5.41, 5.74) is 0.388. The molecule has 3 aromatic rings. The molecule has 0 aliphatic rings. The summed E-state index contributed by atoms with van der Waals surface area (Å²) in [7, 11) is -3.57. The second-order valence-corrected chi connectivity index (χ2v) is 8.33. The van der Waals surface area contributed by atoms with Crippen molar-refractivity contribution in [3.05, 3.63) is 76.3 Å².